The molecule has 44 heavy (non-hydrogen) atoms. The van der Waals surface area contributed by atoms with Crippen molar-refractivity contribution < 1.29 is 13.9 Å². The fraction of sp³-hybridized carbons (Fsp3) is 1.00. The van der Waals surface area contributed by atoms with Gasteiger partial charge in [0.2, 0.25) is 0 Å². The van der Waals surface area contributed by atoms with Crippen molar-refractivity contribution in [3.05, 3.63) is 0 Å². The molecular formula is C40H79F2NO. The van der Waals surface area contributed by atoms with E-state index in [9.17, 15) is 13.9 Å². The lowest BCUT2D eigenvalue weighted by atomic mass is 9.68. The number of hydrogen-bond acceptors (Lipinski definition) is 2. The van der Waals surface area contributed by atoms with Gasteiger partial charge in [0.25, 0.3) is 0 Å². The molecule has 0 spiro atoms. The molecule has 4 aliphatic rings. The SMILES string of the molecule is CC(C)C1CCC(C)(N)C1(C)C.CC(C)C1CCCC1(C)C.CC(C)C1CCC[C@]1(C)F.CC(C)C1CC[C@@](C)(O)[C@]1(C)F. The average Bonchev–Trinajstić information content (AvgIpc) is 3.50. The van der Waals surface area contributed by atoms with Gasteiger partial charge in [0.15, 0.2) is 0 Å². The Morgan fingerprint density at radius 3 is 1.14 bits per heavy atom. The number of aliphatic hydroxyl groups is 1. The number of hydrogen-bond donors (Lipinski definition) is 2. The zero-order valence-corrected chi connectivity index (χ0v) is 32.5. The second-order valence-corrected chi connectivity index (χ2v) is 19.0. The molecule has 0 amide bonds. The van der Waals surface area contributed by atoms with E-state index in [1.54, 1.807) is 13.8 Å². The number of halogens is 2. The van der Waals surface area contributed by atoms with Crippen LogP contribution < -0.4 is 5.73 Å². The van der Waals surface area contributed by atoms with Crippen LogP contribution in [0.3, 0.4) is 0 Å². The fourth-order valence-corrected chi connectivity index (χ4v) is 9.81. The van der Waals surface area contributed by atoms with Crippen LogP contribution in [0.25, 0.3) is 0 Å². The summed E-state index contributed by atoms with van der Waals surface area (Å²) in [6.07, 6.45) is 11.2. The van der Waals surface area contributed by atoms with Crippen LogP contribution in [0.4, 0.5) is 8.78 Å². The van der Waals surface area contributed by atoms with Gasteiger partial charge in [-0.2, -0.15) is 0 Å². The van der Waals surface area contributed by atoms with Crippen molar-refractivity contribution in [1.82, 2.24) is 0 Å². The highest BCUT2D eigenvalue weighted by molar-refractivity contribution is 5.06. The van der Waals surface area contributed by atoms with Gasteiger partial charge >= 0.3 is 0 Å². The zero-order valence-electron chi connectivity index (χ0n) is 32.5. The van der Waals surface area contributed by atoms with Gasteiger partial charge in [-0.05, 0) is 144 Å². The van der Waals surface area contributed by atoms with Gasteiger partial charge in [-0.1, -0.05) is 89.5 Å². The summed E-state index contributed by atoms with van der Waals surface area (Å²) in [5.41, 5.74) is 3.86. The normalized spacial score (nSPS) is 40.9. The molecule has 8 atom stereocenters. The van der Waals surface area contributed by atoms with E-state index in [0.29, 0.717) is 35.0 Å². The Kier molecular flexibility index (Phi) is 14.6. The maximum absolute atomic E-state index is 14.1. The summed E-state index contributed by atoms with van der Waals surface area (Å²) in [4.78, 5) is 0. The van der Waals surface area contributed by atoms with Crippen LogP contribution in [0.2, 0.25) is 0 Å². The highest BCUT2D eigenvalue weighted by Gasteiger charge is 2.55. The maximum atomic E-state index is 14.1. The van der Waals surface area contributed by atoms with Gasteiger partial charge in [0, 0.05) is 5.54 Å². The number of alkyl halides is 2. The van der Waals surface area contributed by atoms with E-state index in [2.05, 4.69) is 76.2 Å². The molecule has 0 bridgehead atoms. The third-order valence-corrected chi connectivity index (χ3v) is 13.6. The molecule has 0 aromatic rings. The summed E-state index contributed by atoms with van der Waals surface area (Å²) in [6.45, 7) is 34.2. The quantitative estimate of drug-likeness (QED) is 0.326. The van der Waals surface area contributed by atoms with Crippen LogP contribution in [-0.2, 0) is 0 Å². The van der Waals surface area contributed by atoms with E-state index < -0.39 is 16.9 Å². The Morgan fingerprint density at radius 2 is 0.955 bits per heavy atom. The monoisotopic (exact) mass is 628 g/mol. The van der Waals surface area contributed by atoms with E-state index in [0.717, 1.165) is 49.4 Å². The Labute approximate surface area is 274 Å². The van der Waals surface area contributed by atoms with Crippen LogP contribution in [-0.4, -0.2) is 27.6 Å². The summed E-state index contributed by atoms with van der Waals surface area (Å²) in [7, 11) is 0. The van der Waals surface area contributed by atoms with E-state index in [4.69, 9.17) is 5.73 Å². The summed E-state index contributed by atoms with van der Waals surface area (Å²) in [5, 5.41) is 9.77. The lowest BCUT2D eigenvalue weighted by Crippen LogP contribution is -2.48. The summed E-state index contributed by atoms with van der Waals surface area (Å²) in [6, 6.07) is 0. The van der Waals surface area contributed by atoms with Crippen molar-refractivity contribution in [3.63, 3.8) is 0 Å². The van der Waals surface area contributed by atoms with Crippen molar-refractivity contribution in [2.75, 3.05) is 0 Å². The molecule has 0 saturated heterocycles. The van der Waals surface area contributed by atoms with Gasteiger partial charge in [-0.15, -0.1) is 0 Å². The Bertz CT molecular complexity index is 781. The van der Waals surface area contributed by atoms with E-state index in [1.165, 1.54) is 39.0 Å². The molecule has 264 valence electrons. The van der Waals surface area contributed by atoms with Gasteiger partial charge in [-0.25, -0.2) is 8.78 Å². The average molecular weight is 628 g/mol. The fourth-order valence-electron chi connectivity index (χ4n) is 9.81. The number of nitrogens with two attached hydrogens (primary N) is 1. The number of rotatable bonds is 4. The smallest absolute Gasteiger partial charge is 0.139 e. The highest BCUT2D eigenvalue weighted by atomic mass is 19.1. The Morgan fingerprint density at radius 1 is 0.545 bits per heavy atom. The predicted molar refractivity (Wildman–Crippen MR) is 189 cm³/mol. The molecule has 4 rings (SSSR count). The Balaban J connectivity index is 0.000000294. The first-order valence-corrected chi connectivity index (χ1v) is 18.5. The van der Waals surface area contributed by atoms with Crippen molar-refractivity contribution >= 4 is 0 Å². The largest absolute Gasteiger partial charge is 0.387 e. The molecule has 0 aromatic carbocycles. The van der Waals surface area contributed by atoms with Crippen LogP contribution in [0.1, 0.15) is 175 Å². The van der Waals surface area contributed by atoms with Crippen LogP contribution in [0.5, 0.6) is 0 Å². The molecule has 0 radical (unpaired) electrons. The first kappa shape index (κ1) is 41.8. The van der Waals surface area contributed by atoms with Crippen molar-refractivity contribution in [2.24, 2.45) is 63.9 Å². The molecule has 0 aromatic heterocycles. The minimum Gasteiger partial charge on any atom is -0.387 e. The standard InChI is InChI=1S/C11H23N.C10H19FO.C10H20.C9H17F/c1-8(2)9-6-7-11(5,12)10(9,3)4;1-7(2)8-5-6-9(3,12)10(8,4)11;1-8(2)9-6-5-7-10(9,3)4;1-7(2)8-5-4-6-9(8,3)10/h8-9H,6-7,12H2,1-5H3;7-8,12H,5-6H2,1-4H3;8-9H,5-7H2,1-4H3;7-8H,4-6H2,1-3H3/t;8?,9-,10-;;8?,9-/m.1.0/s1. The van der Waals surface area contributed by atoms with Crippen LogP contribution in [0, 0.1) is 58.2 Å². The first-order valence-electron chi connectivity index (χ1n) is 18.5. The third kappa shape index (κ3) is 9.90. The maximum Gasteiger partial charge on any atom is 0.139 e. The highest BCUT2D eigenvalue weighted by Crippen LogP contribution is 2.52. The zero-order chi connectivity index (χ0) is 34.7. The van der Waals surface area contributed by atoms with Gasteiger partial charge in [0.05, 0.1) is 5.60 Å². The molecule has 0 heterocycles. The molecule has 2 nitrogen and oxygen atoms in total. The van der Waals surface area contributed by atoms with E-state index >= 15 is 0 Å². The molecular weight excluding hydrogens is 548 g/mol. The van der Waals surface area contributed by atoms with E-state index in [1.807, 2.05) is 13.8 Å². The van der Waals surface area contributed by atoms with Crippen molar-refractivity contribution in [3.8, 4) is 0 Å². The lowest BCUT2D eigenvalue weighted by molar-refractivity contribution is -0.0820. The topological polar surface area (TPSA) is 46.2 Å². The molecule has 4 saturated carbocycles. The summed E-state index contributed by atoms with van der Waals surface area (Å²) < 4.78 is 27.6. The summed E-state index contributed by atoms with van der Waals surface area (Å²) >= 11 is 0. The Hall–Kier alpha value is -0.220. The second-order valence-electron chi connectivity index (χ2n) is 19.0. The van der Waals surface area contributed by atoms with Crippen LogP contribution >= 0.6 is 0 Å². The van der Waals surface area contributed by atoms with Gasteiger partial charge in [-0.3, -0.25) is 0 Å². The third-order valence-electron chi connectivity index (χ3n) is 13.6. The molecule has 0 aliphatic heterocycles. The second kappa shape index (κ2) is 15.3. The summed E-state index contributed by atoms with van der Waals surface area (Å²) in [5.74, 6) is 4.58. The van der Waals surface area contributed by atoms with Crippen molar-refractivity contribution in [2.45, 2.75) is 197 Å². The molecule has 3 N–H and O–H groups in total. The molecule has 5 unspecified atom stereocenters. The van der Waals surface area contributed by atoms with Gasteiger partial charge < -0.3 is 10.8 Å². The molecule has 4 aliphatic carbocycles. The van der Waals surface area contributed by atoms with E-state index in [-0.39, 0.29) is 11.5 Å². The minimum absolute atomic E-state index is 0.00694. The van der Waals surface area contributed by atoms with Crippen LogP contribution in [0.15, 0.2) is 0 Å². The van der Waals surface area contributed by atoms with Gasteiger partial charge in [0.1, 0.15) is 11.3 Å². The minimum atomic E-state index is -1.42. The lowest BCUT2D eigenvalue weighted by Gasteiger charge is -2.40. The van der Waals surface area contributed by atoms with Crippen molar-refractivity contribution in [1.29, 1.82) is 0 Å². The first-order chi connectivity index (χ1) is 19.7. The predicted octanol–water partition coefficient (Wildman–Crippen LogP) is 12.0. The molecule has 4 heteroatoms. The molecule has 4 fully saturated rings.